The van der Waals surface area contributed by atoms with E-state index in [-0.39, 0.29) is 11.6 Å². The van der Waals surface area contributed by atoms with Crippen LogP contribution in [0.15, 0.2) is 6.20 Å². The maximum absolute atomic E-state index is 6.03. The Morgan fingerprint density at radius 1 is 1.67 bits per heavy atom. The van der Waals surface area contributed by atoms with Crippen molar-refractivity contribution in [2.45, 2.75) is 43.9 Å². The molecule has 0 bridgehead atoms. The summed E-state index contributed by atoms with van der Waals surface area (Å²) in [5.74, 6) is 2.34. The molecule has 3 heterocycles. The van der Waals surface area contributed by atoms with Crippen LogP contribution in [0, 0.1) is 0 Å². The maximum atomic E-state index is 6.03. The standard InChI is InChI=1S/C12H20N4OS/c1-9(13)11-7-16(15-14-11)10-2-4-17-12(6-10)3-5-18-8-12/h7,9-10H,2-6,8,13H2,1H3. The number of rotatable bonds is 2. The van der Waals surface area contributed by atoms with Crippen LogP contribution < -0.4 is 5.73 Å². The van der Waals surface area contributed by atoms with Crippen molar-refractivity contribution < 1.29 is 4.74 Å². The molecule has 5 nitrogen and oxygen atoms in total. The molecular weight excluding hydrogens is 248 g/mol. The summed E-state index contributed by atoms with van der Waals surface area (Å²) in [5, 5.41) is 8.39. The van der Waals surface area contributed by atoms with Crippen molar-refractivity contribution in [2.24, 2.45) is 5.73 Å². The number of thioether (sulfide) groups is 1. The lowest BCUT2D eigenvalue weighted by atomic mass is 9.90. The molecule has 2 saturated heterocycles. The summed E-state index contributed by atoms with van der Waals surface area (Å²) in [5.41, 5.74) is 6.79. The van der Waals surface area contributed by atoms with Gasteiger partial charge in [0.05, 0.1) is 23.5 Å². The molecular formula is C12H20N4OS. The molecule has 3 atom stereocenters. The topological polar surface area (TPSA) is 66.0 Å². The number of aromatic nitrogens is 3. The average Bonchev–Trinajstić information content (AvgIpc) is 2.98. The van der Waals surface area contributed by atoms with Crippen LogP contribution in [0.4, 0.5) is 0 Å². The minimum Gasteiger partial charge on any atom is -0.374 e. The zero-order valence-corrected chi connectivity index (χ0v) is 11.5. The second-order valence-electron chi connectivity index (χ2n) is 5.39. The lowest BCUT2D eigenvalue weighted by Crippen LogP contribution is -2.40. The van der Waals surface area contributed by atoms with E-state index in [0.29, 0.717) is 6.04 Å². The van der Waals surface area contributed by atoms with Crippen LogP contribution in [0.2, 0.25) is 0 Å². The Morgan fingerprint density at radius 3 is 3.22 bits per heavy atom. The fourth-order valence-corrected chi connectivity index (χ4v) is 4.15. The Balaban J connectivity index is 1.75. The molecule has 18 heavy (non-hydrogen) atoms. The predicted molar refractivity (Wildman–Crippen MR) is 71.5 cm³/mol. The summed E-state index contributed by atoms with van der Waals surface area (Å²) in [4.78, 5) is 0. The van der Waals surface area contributed by atoms with Crippen LogP contribution in [0.1, 0.15) is 44.0 Å². The first kappa shape index (κ1) is 12.4. The predicted octanol–water partition coefficient (Wildman–Crippen LogP) is 1.52. The Kier molecular flexibility index (Phi) is 3.34. The quantitative estimate of drug-likeness (QED) is 0.881. The van der Waals surface area contributed by atoms with Gasteiger partial charge in [-0.1, -0.05) is 5.21 Å². The van der Waals surface area contributed by atoms with E-state index in [0.717, 1.165) is 30.9 Å². The van der Waals surface area contributed by atoms with Crippen LogP contribution >= 0.6 is 11.8 Å². The van der Waals surface area contributed by atoms with Crippen molar-refractivity contribution in [3.05, 3.63) is 11.9 Å². The number of hydrogen-bond donors (Lipinski definition) is 1. The van der Waals surface area contributed by atoms with Gasteiger partial charge in [0.1, 0.15) is 0 Å². The zero-order chi connectivity index (χ0) is 12.6. The van der Waals surface area contributed by atoms with Crippen molar-refractivity contribution in [1.29, 1.82) is 0 Å². The highest BCUT2D eigenvalue weighted by Gasteiger charge is 2.41. The van der Waals surface area contributed by atoms with E-state index >= 15 is 0 Å². The number of hydrogen-bond acceptors (Lipinski definition) is 5. The van der Waals surface area contributed by atoms with Crippen molar-refractivity contribution in [1.82, 2.24) is 15.0 Å². The number of ether oxygens (including phenoxy) is 1. The van der Waals surface area contributed by atoms with Gasteiger partial charge in [-0.2, -0.15) is 11.8 Å². The molecule has 1 spiro atoms. The van der Waals surface area contributed by atoms with Gasteiger partial charge >= 0.3 is 0 Å². The Bertz CT molecular complexity index is 414. The summed E-state index contributed by atoms with van der Waals surface area (Å²) >= 11 is 2.00. The smallest absolute Gasteiger partial charge is 0.0991 e. The highest BCUT2D eigenvalue weighted by molar-refractivity contribution is 7.99. The van der Waals surface area contributed by atoms with Gasteiger partial charge in [-0.3, -0.25) is 0 Å². The monoisotopic (exact) mass is 268 g/mol. The molecule has 2 N–H and O–H groups in total. The van der Waals surface area contributed by atoms with E-state index in [2.05, 4.69) is 10.3 Å². The SMILES string of the molecule is CC(N)c1cn(C2CCOC3(CCSC3)C2)nn1. The second-order valence-corrected chi connectivity index (χ2v) is 6.50. The first-order valence-electron chi connectivity index (χ1n) is 6.58. The van der Waals surface area contributed by atoms with Crippen molar-refractivity contribution in [3.8, 4) is 0 Å². The fraction of sp³-hybridized carbons (Fsp3) is 0.833. The van der Waals surface area contributed by atoms with Crippen LogP contribution in [0.5, 0.6) is 0 Å². The van der Waals surface area contributed by atoms with Gasteiger partial charge in [-0.25, -0.2) is 4.68 Å². The maximum Gasteiger partial charge on any atom is 0.0991 e. The van der Waals surface area contributed by atoms with Gasteiger partial charge in [0.15, 0.2) is 0 Å². The molecule has 100 valence electrons. The molecule has 0 saturated carbocycles. The summed E-state index contributed by atoms with van der Waals surface area (Å²) in [6.45, 7) is 2.77. The molecule has 0 radical (unpaired) electrons. The van der Waals surface area contributed by atoms with Gasteiger partial charge in [-0.05, 0) is 31.9 Å². The molecule has 2 aliphatic heterocycles. The second kappa shape index (κ2) is 4.83. The highest BCUT2D eigenvalue weighted by atomic mass is 32.2. The van der Waals surface area contributed by atoms with Crippen molar-refractivity contribution in [3.63, 3.8) is 0 Å². The van der Waals surface area contributed by atoms with Gasteiger partial charge in [0.2, 0.25) is 0 Å². The van der Waals surface area contributed by atoms with E-state index in [4.69, 9.17) is 10.5 Å². The largest absolute Gasteiger partial charge is 0.374 e. The number of nitrogens with two attached hydrogens (primary N) is 1. The van der Waals surface area contributed by atoms with Gasteiger partial charge in [0, 0.05) is 18.4 Å². The average molecular weight is 268 g/mol. The summed E-state index contributed by atoms with van der Waals surface area (Å²) in [6.07, 6.45) is 5.25. The molecule has 0 amide bonds. The first-order chi connectivity index (χ1) is 8.69. The zero-order valence-electron chi connectivity index (χ0n) is 10.7. The molecule has 3 rings (SSSR count). The molecule has 0 aliphatic carbocycles. The Hall–Kier alpha value is -0.590. The molecule has 6 heteroatoms. The van der Waals surface area contributed by atoms with Gasteiger partial charge in [-0.15, -0.1) is 5.10 Å². The third kappa shape index (κ3) is 2.29. The lowest BCUT2D eigenvalue weighted by Gasteiger charge is -2.37. The third-order valence-electron chi connectivity index (χ3n) is 3.90. The van der Waals surface area contributed by atoms with E-state index in [9.17, 15) is 0 Å². The first-order valence-corrected chi connectivity index (χ1v) is 7.73. The van der Waals surface area contributed by atoms with Gasteiger partial charge < -0.3 is 10.5 Å². The third-order valence-corrected chi connectivity index (χ3v) is 5.13. The fourth-order valence-electron chi connectivity index (χ4n) is 2.77. The minimum atomic E-state index is -0.0467. The minimum absolute atomic E-state index is 0.0467. The van der Waals surface area contributed by atoms with Crippen LogP contribution in [0.3, 0.4) is 0 Å². The lowest BCUT2D eigenvalue weighted by molar-refractivity contribution is -0.0780. The van der Waals surface area contributed by atoms with E-state index in [1.165, 1.54) is 12.2 Å². The highest BCUT2D eigenvalue weighted by Crippen LogP contribution is 2.41. The van der Waals surface area contributed by atoms with E-state index < -0.39 is 0 Å². The van der Waals surface area contributed by atoms with Crippen molar-refractivity contribution in [2.75, 3.05) is 18.1 Å². The van der Waals surface area contributed by atoms with Gasteiger partial charge in [0.25, 0.3) is 0 Å². The van der Waals surface area contributed by atoms with Crippen LogP contribution in [-0.2, 0) is 4.74 Å². The summed E-state index contributed by atoms with van der Waals surface area (Å²) in [6, 6.07) is 0.368. The van der Waals surface area contributed by atoms with Crippen LogP contribution in [-0.4, -0.2) is 38.7 Å². The van der Waals surface area contributed by atoms with E-state index in [1.54, 1.807) is 0 Å². The molecule has 1 aromatic rings. The molecule has 2 aliphatic rings. The number of nitrogens with zero attached hydrogens (tertiary/aromatic N) is 3. The Labute approximate surface area is 111 Å². The normalized spacial score (nSPS) is 34.0. The summed E-state index contributed by atoms with van der Waals surface area (Å²) in [7, 11) is 0. The Morgan fingerprint density at radius 2 is 2.56 bits per heavy atom. The van der Waals surface area contributed by atoms with Crippen LogP contribution in [0.25, 0.3) is 0 Å². The molecule has 1 aromatic heterocycles. The van der Waals surface area contributed by atoms with Crippen molar-refractivity contribution >= 4 is 11.8 Å². The summed E-state index contributed by atoms with van der Waals surface area (Å²) < 4.78 is 8.02. The molecule has 2 fully saturated rings. The van der Waals surface area contributed by atoms with E-state index in [1.807, 2.05) is 29.6 Å². The molecule has 3 unspecified atom stereocenters. The molecule has 0 aromatic carbocycles.